The van der Waals surface area contributed by atoms with E-state index in [2.05, 4.69) is 27.6 Å². The van der Waals surface area contributed by atoms with Gasteiger partial charge >= 0.3 is 0 Å². The van der Waals surface area contributed by atoms with Gasteiger partial charge in [-0.3, -0.25) is 0 Å². The Labute approximate surface area is 119 Å². The number of rotatable bonds is 3. The van der Waals surface area contributed by atoms with Gasteiger partial charge in [0.05, 0.1) is 5.02 Å². The van der Waals surface area contributed by atoms with Crippen LogP contribution in [0.3, 0.4) is 0 Å². The number of aryl methyl sites for hydroxylation is 1. The highest BCUT2D eigenvalue weighted by Crippen LogP contribution is 2.26. The van der Waals surface area contributed by atoms with Crippen LogP contribution in [-0.2, 0) is 6.54 Å². The maximum Gasteiger partial charge on any atom is 0.142 e. The molecule has 5 heteroatoms. The highest BCUT2D eigenvalue weighted by Gasteiger charge is 2.16. The average molecular weight is 363 g/mol. The second-order valence-corrected chi connectivity index (χ2v) is 5.22. The van der Waals surface area contributed by atoms with E-state index in [1.54, 1.807) is 12.3 Å². The van der Waals surface area contributed by atoms with Crippen molar-refractivity contribution in [2.24, 2.45) is 0 Å². The Bertz CT molecular complexity index is 527. The first kappa shape index (κ1) is 12.9. The molecule has 0 radical (unpaired) electrons. The summed E-state index contributed by atoms with van der Waals surface area (Å²) in [6.45, 7) is 2.79. The molecular weight excluding hydrogens is 351 g/mol. The van der Waals surface area contributed by atoms with Crippen molar-refractivity contribution >= 4 is 34.2 Å². The number of benzene rings is 1. The maximum absolute atomic E-state index is 10.3. The molecule has 90 valence electrons. The molecule has 1 N–H and O–H groups in total. The van der Waals surface area contributed by atoms with Crippen LogP contribution in [0, 0.1) is 3.57 Å². The van der Waals surface area contributed by atoms with Gasteiger partial charge in [0, 0.05) is 22.5 Å². The normalized spacial score (nSPS) is 12.7. The van der Waals surface area contributed by atoms with E-state index in [0.717, 1.165) is 15.7 Å². The Morgan fingerprint density at radius 1 is 1.53 bits per heavy atom. The van der Waals surface area contributed by atoms with E-state index in [0.29, 0.717) is 10.8 Å². The first-order chi connectivity index (χ1) is 8.13. The third kappa shape index (κ3) is 2.64. The molecule has 0 saturated carbocycles. The van der Waals surface area contributed by atoms with E-state index in [4.69, 9.17) is 11.6 Å². The zero-order valence-electron chi connectivity index (χ0n) is 9.27. The summed E-state index contributed by atoms with van der Waals surface area (Å²) in [6, 6.07) is 5.54. The molecule has 0 aliphatic rings. The fourth-order valence-electron chi connectivity index (χ4n) is 1.67. The summed E-state index contributed by atoms with van der Waals surface area (Å²) in [6.07, 6.45) is 2.81. The van der Waals surface area contributed by atoms with Crippen LogP contribution in [0.1, 0.15) is 24.4 Å². The van der Waals surface area contributed by atoms with Crippen LogP contribution in [-0.4, -0.2) is 14.7 Å². The minimum Gasteiger partial charge on any atom is -0.380 e. The van der Waals surface area contributed by atoms with Gasteiger partial charge < -0.3 is 9.67 Å². The second-order valence-electron chi connectivity index (χ2n) is 3.65. The number of hydrogen-bond acceptors (Lipinski definition) is 2. The van der Waals surface area contributed by atoms with E-state index in [1.807, 2.05) is 29.8 Å². The predicted molar refractivity (Wildman–Crippen MR) is 76.1 cm³/mol. The molecule has 1 aromatic carbocycles. The van der Waals surface area contributed by atoms with E-state index < -0.39 is 6.10 Å². The van der Waals surface area contributed by atoms with Crippen molar-refractivity contribution in [2.75, 3.05) is 0 Å². The zero-order valence-corrected chi connectivity index (χ0v) is 12.2. The molecule has 2 aromatic rings. The van der Waals surface area contributed by atoms with Crippen LogP contribution in [0.5, 0.6) is 0 Å². The maximum atomic E-state index is 10.3. The van der Waals surface area contributed by atoms with Crippen LogP contribution in [0.4, 0.5) is 0 Å². The van der Waals surface area contributed by atoms with Crippen molar-refractivity contribution in [3.8, 4) is 0 Å². The molecular formula is C12H12ClIN2O. The summed E-state index contributed by atoms with van der Waals surface area (Å²) in [5.41, 5.74) is 0.760. The van der Waals surface area contributed by atoms with Crippen LogP contribution in [0.25, 0.3) is 0 Å². The zero-order chi connectivity index (χ0) is 12.4. The fourth-order valence-corrected chi connectivity index (χ4v) is 2.19. The van der Waals surface area contributed by atoms with Gasteiger partial charge in [-0.25, -0.2) is 4.98 Å². The second kappa shape index (κ2) is 5.37. The summed E-state index contributed by atoms with van der Waals surface area (Å²) in [4.78, 5) is 4.18. The largest absolute Gasteiger partial charge is 0.380 e. The fraction of sp³-hybridized carbons (Fsp3) is 0.250. The van der Waals surface area contributed by atoms with E-state index in [9.17, 15) is 5.11 Å². The molecule has 0 aliphatic heterocycles. The van der Waals surface area contributed by atoms with Gasteiger partial charge in [-0.05, 0) is 47.2 Å². The van der Waals surface area contributed by atoms with Crippen molar-refractivity contribution < 1.29 is 5.11 Å². The third-order valence-corrected chi connectivity index (χ3v) is 4.16. The number of nitrogens with zero attached hydrogens (tertiary/aromatic N) is 2. The van der Waals surface area contributed by atoms with Crippen LogP contribution >= 0.6 is 34.2 Å². The molecule has 3 nitrogen and oxygen atoms in total. The molecule has 0 bridgehead atoms. The van der Waals surface area contributed by atoms with Gasteiger partial charge in [0.15, 0.2) is 0 Å². The topological polar surface area (TPSA) is 38.0 Å². The Morgan fingerprint density at radius 2 is 2.29 bits per heavy atom. The molecule has 1 unspecified atom stereocenters. The molecule has 2 rings (SSSR count). The quantitative estimate of drug-likeness (QED) is 0.851. The molecule has 0 saturated heterocycles. The number of aliphatic hydroxyl groups is 1. The van der Waals surface area contributed by atoms with Crippen molar-refractivity contribution in [1.82, 2.24) is 9.55 Å². The lowest BCUT2D eigenvalue weighted by Gasteiger charge is -2.13. The van der Waals surface area contributed by atoms with Crippen molar-refractivity contribution in [3.05, 3.63) is 50.6 Å². The van der Waals surface area contributed by atoms with E-state index in [-0.39, 0.29) is 0 Å². The van der Waals surface area contributed by atoms with Gasteiger partial charge in [0.1, 0.15) is 11.9 Å². The first-order valence-corrected chi connectivity index (χ1v) is 6.73. The summed E-state index contributed by atoms with van der Waals surface area (Å²) < 4.78 is 2.88. The standard InChI is InChI=1S/C12H12ClIN2O/c1-2-16-6-5-15-12(16)11(17)8-3-4-10(14)9(13)7-8/h3-7,11,17H,2H2,1H3. The van der Waals surface area contributed by atoms with Crippen LogP contribution in [0.15, 0.2) is 30.6 Å². The predicted octanol–water partition coefficient (Wildman–Crippen LogP) is 3.24. The number of imidazole rings is 1. The summed E-state index contributed by atoms with van der Waals surface area (Å²) >= 11 is 8.20. The minimum absolute atomic E-state index is 0.643. The van der Waals surface area contributed by atoms with Gasteiger partial charge in [-0.2, -0.15) is 0 Å². The van der Waals surface area contributed by atoms with Crippen molar-refractivity contribution in [2.45, 2.75) is 19.6 Å². The Hall–Kier alpha value is -0.590. The van der Waals surface area contributed by atoms with Gasteiger partial charge in [-0.1, -0.05) is 17.7 Å². The van der Waals surface area contributed by atoms with E-state index in [1.165, 1.54) is 0 Å². The van der Waals surface area contributed by atoms with Gasteiger partial charge in [-0.15, -0.1) is 0 Å². The SMILES string of the molecule is CCn1ccnc1C(O)c1ccc(I)c(Cl)c1. The Kier molecular flexibility index (Phi) is 4.06. The van der Waals surface area contributed by atoms with Gasteiger partial charge in [0.2, 0.25) is 0 Å². The highest BCUT2D eigenvalue weighted by atomic mass is 127. The molecule has 1 atom stereocenters. The van der Waals surface area contributed by atoms with Gasteiger partial charge in [0.25, 0.3) is 0 Å². The van der Waals surface area contributed by atoms with Crippen LogP contribution < -0.4 is 0 Å². The summed E-state index contributed by atoms with van der Waals surface area (Å²) in [7, 11) is 0. The Morgan fingerprint density at radius 3 is 2.94 bits per heavy atom. The Balaban J connectivity index is 2.36. The summed E-state index contributed by atoms with van der Waals surface area (Å²) in [5.74, 6) is 0.643. The minimum atomic E-state index is -0.737. The lowest BCUT2D eigenvalue weighted by Crippen LogP contribution is -2.08. The molecule has 0 fully saturated rings. The monoisotopic (exact) mass is 362 g/mol. The third-order valence-electron chi connectivity index (χ3n) is 2.59. The van der Waals surface area contributed by atoms with Crippen LogP contribution in [0.2, 0.25) is 5.02 Å². The van der Waals surface area contributed by atoms with Crippen molar-refractivity contribution in [1.29, 1.82) is 0 Å². The molecule has 1 aromatic heterocycles. The lowest BCUT2D eigenvalue weighted by molar-refractivity contribution is 0.205. The lowest BCUT2D eigenvalue weighted by atomic mass is 10.1. The van der Waals surface area contributed by atoms with Crippen molar-refractivity contribution in [3.63, 3.8) is 0 Å². The average Bonchev–Trinajstić information content (AvgIpc) is 2.80. The molecule has 17 heavy (non-hydrogen) atoms. The summed E-state index contributed by atoms with van der Waals surface area (Å²) in [5, 5.41) is 10.9. The first-order valence-electron chi connectivity index (χ1n) is 5.27. The number of hydrogen-bond donors (Lipinski definition) is 1. The molecule has 1 heterocycles. The molecule has 0 aliphatic carbocycles. The smallest absolute Gasteiger partial charge is 0.142 e. The molecule has 0 amide bonds. The van der Waals surface area contributed by atoms with E-state index >= 15 is 0 Å². The number of halogens is 2. The highest BCUT2D eigenvalue weighted by molar-refractivity contribution is 14.1. The number of aromatic nitrogens is 2. The number of aliphatic hydroxyl groups excluding tert-OH is 1. The molecule has 0 spiro atoms.